The molecular weight excluding hydrogens is 414 g/mol. The number of nitrogens with zero attached hydrogens (tertiary/aromatic N) is 3. The predicted octanol–water partition coefficient (Wildman–Crippen LogP) is 5.65. The van der Waals surface area contributed by atoms with Crippen molar-refractivity contribution in [1.82, 2.24) is 4.98 Å². The van der Waals surface area contributed by atoms with Crippen molar-refractivity contribution < 1.29 is 14.8 Å². The van der Waals surface area contributed by atoms with E-state index < -0.39 is 16.4 Å². The molecule has 1 aromatic heterocycles. The summed E-state index contributed by atoms with van der Waals surface area (Å²) in [6, 6.07) is 18.8. The fourth-order valence-corrected chi connectivity index (χ4v) is 3.97. The SMILES string of the molecule is COc1cc(/C=C(\C#N)c2nc(-c3ccc4ccccc4c3)cs2)cc([N+](=O)[O-])c1O. The molecule has 0 saturated carbocycles. The van der Waals surface area contributed by atoms with Gasteiger partial charge < -0.3 is 9.84 Å². The van der Waals surface area contributed by atoms with Gasteiger partial charge in [-0.25, -0.2) is 4.98 Å². The average molecular weight is 429 g/mol. The number of phenolic OH excluding ortho intramolecular Hbond substituents is 1. The largest absolute Gasteiger partial charge is 0.500 e. The van der Waals surface area contributed by atoms with Gasteiger partial charge in [0.1, 0.15) is 11.1 Å². The summed E-state index contributed by atoms with van der Waals surface area (Å²) in [5.41, 5.74) is 1.76. The molecule has 7 nitrogen and oxygen atoms in total. The number of benzene rings is 3. The van der Waals surface area contributed by atoms with Crippen molar-refractivity contribution in [3.63, 3.8) is 0 Å². The number of methoxy groups -OCH3 is 1. The molecule has 1 N–H and O–H groups in total. The minimum atomic E-state index is -0.706. The van der Waals surface area contributed by atoms with Crippen LogP contribution in [0.25, 0.3) is 33.7 Å². The first-order chi connectivity index (χ1) is 15.0. The molecule has 31 heavy (non-hydrogen) atoms. The van der Waals surface area contributed by atoms with Crippen LogP contribution < -0.4 is 4.74 Å². The summed E-state index contributed by atoms with van der Waals surface area (Å²) < 4.78 is 5.01. The smallest absolute Gasteiger partial charge is 0.315 e. The van der Waals surface area contributed by atoms with Gasteiger partial charge in [-0.1, -0.05) is 36.4 Å². The lowest BCUT2D eigenvalue weighted by Crippen LogP contribution is -1.93. The van der Waals surface area contributed by atoms with Crippen molar-refractivity contribution in [2.75, 3.05) is 7.11 Å². The first-order valence-corrected chi connectivity index (χ1v) is 10.0. The van der Waals surface area contributed by atoms with Gasteiger partial charge in [-0.3, -0.25) is 10.1 Å². The molecule has 0 aliphatic rings. The highest BCUT2D eigenvalue weighted by atomic mass is 32.1. The van der Waals surface area contributed by atoms with E-state index in [0.29, 0.717) is 10.6 Å². The highest BCUT2D eigenvalue weighted by Crippen LogP contribution is 2.38. The lowest BCUT2D eigenvalue weighted by atomic mass is 10.1. The van der Waals surface area contributed by atoms with Gasteiger partial charge in [0, 0.05) is 17.0 Å². The van der Waals surface area contributed by atoms with E-state index in [1.807, 2.05) is 47.8 Å². The van der Waals surface area contributed by atoms with Crippen molar-refractivity contribution in [1.29, 1.82) is 5.26 Å². The van der Waals surface area contributed by atoms with Gasteiger partial charge in [-0.2, -0.15) is 5.26 Å². The van der Waals surface area contributed by atoms with Crippen molar-refractivity contribution in [3.05, 3.63) is 80.7 Å². The first kappa shape index (κ1) is 20.1. The van der Waals surface area contributed by atoms with E-state index in [1.54, 1.807) is 0 Å². The number of aromatic hydroxyl groups is 1. The zero-order chi connectivity index (χ0) is 22.0. The van der Waals surface area contributed by atoms with Crippen molar-refractivity contribution in [2.24, 2.45) is 0 Å². The minimum absolute atomic E-state index is 0.0475. The molecule has 0 saturated heterocycles. The third kappa shape index (κ3) is 3.95. The molecule has 0 bridgehead atoms. The first-order valence-electron chi connectivity index (χ1n) is 9.12. The summed E-state index contributed by atoms with van der Waals surface area (Å²) in [7, 11) is 1.30. The molecule has 4 aromatic rings. The quantitative estimate of drug-likeness (QED) is 0.249. The maximum absolute atomic E-state index is 11.2. The van der Waals surface area contributed by atoms with E-state index in [1.165, 1.54) is 36.7 Å². The third-order valence-electron chi connectivity index (χ3n) is 4.71. The normalized spacial score (nSPS) is 11.3. The van der Waals surface area contributed by atoms with Crippen LogP contribution in [0.3, 0.4) is 0 Å². The number of phenols is 1. The van der Waals surface area contributed by atoms with Gasteiger partial charge in [0.2, 0.25) is 5.75 Å². The molecule has 1 heterocycles. The maximum Gasteiger partial charge on any atom is 0.315 e. The second kappa shape index (κ2) is 8.26. The number of allylic oxidation sites excluding steroid dienone is 1. The number of nitro groups is 1. The average Bonchev–Trinajstić information content (AvgIpc) is 3.27. The van der Waals surface area contributed by atoms with Crippen LogP contribution in [-0.4, -0.2) is 22.1 Å². The van der Waals surface area contributed by atoms with Gasteiger partial charge >= 0.3 is 5.69 Å². The van der Waals surface area contributed by atoms with Crippen LogP contribution in [0.2, 0.25) is 0 Å². The molecular formula is C23H15N3O4S. The molecule has 0 amide bonds. The molecule has 0 aliphatic carbocycles. The van der Waals surface area contributed by atoms with Crippen molar-refractivity contribution in [2.45, 2.75) is 0 Å². The summed E-state index contributed by atoms with van der Waals surface area (Å²) in [4.78, 5) is 15.1. The number of fused-ring (bicyclic) bond motifs is 1. The van der Waals surface area contributed by atoms with Gasteiger partial charge in [-0.05, 0) is 34.5 Å². The number of hydrogen-bond acceptors (Lipinski definition) is 7. The van der Waals surface area contributed by atoms with E-state index in [9.17, 15) is 20.5 Å². The summed E-state index contributed by atoms with van der Waals surface area (Å²) in [6.45, 7) is 0. The Balaban J connectivity index is 1.73. The zero-order valence-corrected chi connectivity index (χ0v) is 17.1. The van der Waals surface area contributed by atoms with Gasteiger partial charge in [0.15, 0.2) is 5.75 Å². The standard InChI is InChI=1S/C23H15N3O4S/c1-30-21-10-14(9-20(22(21)27)26(28)29)8-18(12-24)23-25-19(13-31-23)17-7-6-15-4-2-3-5-16(15)11-17/h2-11,13,27H,1H3/b18-8+. The summed E-state index contributed by atoms with van der Waals surface area (Å²) in [5, 5.41) is 35.4. The van der Waals surface area contributed by atoms with E-state index in [2.05, 4.69) is 11.1 Å². The molecule has 0 spiro atoms. The monoisotopic (exact) mass is 429 g/mol. The highest BCUT2D eigenvalue weighted by Gasteiger charge is 2.20. The highest BCUT2D eigenvalue weighted by molar-refractivity contribution is 7.11. The molecule has 0 radical (unpaired) electrons. The minimum Gasteiger partial charge on any atom is -0.500 e. The second-order valence-corrected chi connectivity index (χ2v) is 7.48. The lowest BCUT2D eigenvalue weighted by Gasteiger charge is -2.05. The predicted molar refractivity (Wildman–Crippen MR) is 120 cm³/mol. The Labute approximate surface area is 181 Å². The third-order valence-corrected chi connectivity index (χ3v) is 5.58. The fraction of sp³-hybridized carbons (Fsp3) is 0.0435. The maximum atomic E-state index is 11.2. The van der Waals surface area contributed by atoms with E-state index in [4.69, 9.17) is 4.74 Å². The van der Waals surface area contributed by atoms with E-state index >= 15 is 0 Å². The molecule has 4 rings (SSSR count). The number of hydrogen-bond donors (Lipinski definition) is 1. The Morgan fingerprint density at radius 3 is 2.71 bits per heavy atom. The number of nitro benzene ring substituents is 1. The summed E-state index contributed by atoms with van der Waals surface area (Å²) in [5.74, 6) is -0.607. The Hall–Kier alpha value is -4.22. The van der Waals surface area contributed by atoms with Gasteiger partial charge in [0.25, 0.3) is 0 Å². The number of thiazole rings is 1. The Morgan fingerprint density at radius 1 is 1.23 bits per heavy atom. The molecule has 3 aromatic carbocycles. The van der Waals surface area contributed by atoms with Crippen molar-refractivity contribution >= 4 is 39.4 Å². The summed E-state index contributed by atoms with van der Waals surface area (Å²) in [6.07, 6.45) is 1.48. The Morgan fingerprint density at radius 2 is 2.00 bits per heavy atom. The summed E-state index contributed by atoms with van der Waals surface area (Å²) >= 11 is 1.31. The van der Waals surface area contributed by atoms with Gasteiger partial charge in [0.05, 0.1) is 23.3 Å². The van der Waals surface area contributed by atoms with Crippen molar-refractivity contribution in [3.8, 4) is 28.8 Å². The zero-order valence-electron chi connectivity index (χ0n) is 16.3. The van der Waals surface area contributed by atoms with Crippen LogP contribution in [0.4, 0.5) is 5.69 Å². The molecule has 8 heteroatoms. The lowest BCUT2D eigenvalue weighted by molar-refractivity contribution is -0.386. The molecule has 0 fully saturated rings. The molecule has 0 atom stereocenters. The number of nitriles is 1. The van der Waals surface area contributed by atoms with E-state index in [-0.39, 0.29) is 11.3 Å². The number of ether oxygens (including phenoxy) is 1. The van der Waals surface area contributed by atoms with Crippen LogP contribution >= 0.6 is 11.3 Å². The van der Waals surface area contributed by atoms with Crippen LogP contribution in [-0.2, 0) is 0 Å². The Bertz CT molecular complexity index is 1390. The van der Waals surface area contributed by atoms with Crippen LogP contribution in [0.5, 0.6) is 11.5 Å². The number of rotatable bonds is 5. The van der Waals surface area contributed by atoms with E-state index in [0.717, 1.165) is 22.0 Å². The molecule has 0 aliphatic heterocycles. The second-order valence-electron chi connectivity index (χ2n) is 6.62. The Kier molecular flexibility index (Phi) is 5.35. The topological polar surface area (TPSA) is 109 Å². The van der Waals surface area contributed by atoms with Crippen LogP contribution in [0, 0.1) is 21.4 Å². The number of aromatic nitrogens is 1. The van der Waals surface area contributed by atoms with Crippen LogP contribution in [0.15, 0.2) is 60.0 Å². The van der Waals surface area contributed by atoms with Crippen LogP contribution in [0.1, 0.15) is 10.6 Å². The fourth-order valence-electron chi connectivity index (χ4n) is 3.18. The molecule has 152 valence electrons. The molecule has 0 unspecified atom stereocenters. The van der Waals surface area contributed by atoms with Gasteiger partial charge in [-0.15, -0.1) is 11.3 Å².